The van der Waals surface area contributed by atoms with Gasteiger partial charge < -0.3 is 23.7 Å². The van der Waals surface area contributed by atoms with E-state index in [0.717, 1.165) is 19.6 Å². The van der Waals surface area contributed by atoms with E-state index >= 15 is 0 Å². The molecule has 3 rings (SSSR count). The highest BCUT2D eigenvalue weighted by atomic mass is 16.8. The van der Waals surface area contributed by atoms with Gasteiger partial charge in [0.2, 0.25) is 0 Å². The zero-order valence-corrected chi connectivity index (χ0v) is 14.1. The van der Waals surface area contributed by atoms with E-state index in [-0.39, 0.29) is 30.7 Å². The minimum absolute atomic E-state index is 0.0498. The molecular weight excluding hydrogens is 284 g/mol. The Bertz CT molecular complexity index is 355. The molecule has 0 aliphatic carbocycles. The lowest BCUT2D eigenvalue weighted by molar-refractivity contribution is -0.220. The summed E-state index contributed by atoms with van der Waals surface area (Å²) in [6, 6.07) is 0. The van der Waals surface area contributed by atoms with Crippen LogP contribution < -0.4 is 0 Å². The zero-order valence-electron chi connectivity index (χ0n) is 14.1. The van der Waals surface area contributed by atoms with Crippen LogP contribution in [0.3, 0.4) is 0 Å². The van der Waals surface area contributed by atoms with Gasteiger partial charge in [-0.05, 0) is 20.3 Å². The molecule has 5 nitrogen and oxygen atoms in total. The molecule has 5 atom stereocenters. The average Bonchev–Trinajstić information content (AvgIpc) is 3.19. The monoisotopic (exact) mass is 314 g/mol. The van der Waals surface area contributed by atoms with Crippen molar-refractivity contribution >= 4 is 0 Å². The normalized spacial score (nSPS) is 39.1. The third kappa shape index (κ3) is 4.01. The van der Waals surface area contributed by atoms with E-state index in [4.69, 9.17) is 23.7 Å². The van der Waals surface area contributed by atoms with E-state index in [1.54, 1.807) is 0 Å². The van der Waals surface area contributed by atoms with Gasteiger partial charge in [0.15, 0.2) is 12.1 Å². The second kappa shape index (κ2) is 7.14. The predicted octanol–water partition coefficient (Wildman–Crippen LogP) is 3.01. The maximum Gasteiger partial charge on any atom is 0.190 e. The van der Waals surface area contributed by atoms with Crippen molar-refractivity contribution in [2.24, 2.45) is 0 Å². The van der Waals surface area contributed by atoms with Crippen LogP contribution in [0.1, 0.15) is 59.3 Å². The topological polar surface area (TPSA) is 49.5 Å². The Morgan fingerprint density at radius 2 is 1.73 bits per heavy atom. The number of hydrogen-bond acceptors (Lipinski definition) is 5. The lowest BCUT2D eigenvalue weighted by Gasteiger charge is -2.25. The summed E-state index contributed by atoms with van der Waals surface area (Å²) in [7, 11) is 0. The Balaban J connectivity index is 1.43. The van der Waals surface area contributed by atoms with Crippen LogP contribution in [-0.2, 0) is 23.7 Å². The number of ether oxygens (including phenoxy) is 5. The van der Waals surface area contributed by atoms with E-state index in [2.05, 4.69) is 6.92 Å². The van der Waals surface area contributed by atoms with Crippen LogP contribution in [0.4, 0.5) is 0 Å². The minimum atomic E-state index is -0.591. The first-order chi connectivity index (χ1) is 10.6. The largest absolute Gasteiger partial charge is 0.372 e. The summed E-state index contributed by atoms with van der Waals surface area (Å²) in [6.45, 7) is 7.59. The molecule has 22 heavy (non-hydrogen) atoms. The Labute approximate surface area is 133 Å². The molecule has 3 heterocycles. The quantitative estimate of drug-likeness (QED) is 0.484. The van der Waals surface area contributed by atoms with Crippen molar-refractivity contribution in [2.75, 3.05) is 13.2 Å². The standard InChI is InChI=1S/C17H30O5/c1-4-5-6-7-8-9-10-18-14-13(12-11-19-12)20-16-15(14)21-17(2,3)22-16/h12-16H,4-11H2,1-3H3/t12-,13-,14+,15-,16-/m1/s1. The highest BCUT2D eigenvalue weighted by Gasteiger charge is 2.59. The first-order valence-corrected chi connectivity index (χ1v) is 8.85. The molecule has 0 radical (unpaired) electrons. The van der Waals surface area contributed by atoms with E-state index < -0.39 is 5.79 Å². The van der Waals surface area contributed by atoms with E-state index in [0.29, 0.717) is 0 Å². The fourth-order valence-electron chi connectivity index (χ4n) is 3.34. The SMILES string of the molecule is CCCCCCCCO[C@@H]1[C@H]2OC(C)(C)O[C@H]2O[C@@H]1[C@H]1CO1. The van der Waals surface area contributed by atoms with Crippen LogP contribution in [-0.4, -0.2) is 49.7 Å². The Hall–Kier alpha value is -0.200. The summed E-state index contributed by atoms with van der Waals surface area (Å²) in [6.07, 6.45) is 7.15. The molecule has 5 heteroatoms. The highest BCUT2D eigenvalue weighted by Crippen LogP contribution is 2.41. The van der Waals surface area contributed by atoms with Crippen molar-refractivity contribution in [1.29, 1.82) is 0 Å². The summed E-state index contributed by atoms with van der Waals surface area (Å²) < 4.78 is 29.3. The highest BCUT2D eigenvalue weighted by molar-refractivity contribution is 5.00. The summed E-state index contributed by atoms with van der Waals surface area (Å²) >= 11 is 0. The number of epoxide rings is 1. The molecule has 0 amide bonds. The Kier molecular flexibility index (Phi) is 5.40. The van der Waals surface area contributed by atoms with Gasteiger partial charge in [-0.25, -0.2) is 0 Å². The molecule has 128 valence electrons. The van der Waals surface area contributed by atoms with Gasteiger partial charge in [0.25, 0.3) is 0 Å². The summed E-state index contributed by atoms with van der Waals surface area (Å²) in [5.41, 5.74) is 0. The number of hydrogen-bond donors (Lipinski definition) is 0. The summed E-state index contributed by atoms with van der Waals surface area (Å²) in [5.74, 6) is -0.591. The molecule has 0 spiro atoms. The summed E-state index contributed by atoms with van der Waals surface area (Å²) in [4.78, 5) is 0. The molecular formula is C17H30O5. The first kappa shape index (κ1) is 16.7. The third-order valence-electron chi connectivity index (χ3n) is 4.56. The Morgan fingerprint density at radius 3 is 2.45 bits per heavy atom. The van der Waals surface area contributed by atoms with Crippen LogP contribution in [0.15, 0.2) is 0 Å². The molecule has 3 fully saturated rings. The van der Waals surface area contributed by atoms with E-state index in [1.807, 2.05) is 13.8 Å². The number of unbranched alkanes of at least 4 members (excludes halogenated alkanes) is 5. The van der Waals surface area contributed by atoms with Crippen molar-refractivity contribution < 1.29 is 23.7 Å². The van der Waals surface area contributed by atoms with Gasteiger partial charge in [0, 0.05) is 6.61 Å². The maximum absolute atomic E-state index is 6.12. The predicted molar refractivity (Wildman–Crippen MR) is 81.6 cm³/mol. The molecule has 0 N–H and O–H groups in total. The molecule has 0 unspecified atom stereocenters. The fourth-order valence-corrected chi connectivity index (χ4v) is 3.34. The Morgan fingerprint density at radius 1 is 1.00 bits per heavy atom. The van der Waals surface area contributed by atoms with Crippen molar-refractivity contribution in [3.8, 4) is 0 Å². The van der Waals surface area contributed by atoms with Crippen LogP contribution in [0.5, 0.6) is 0 Å². The van der Waals surface area contributed by atoms with Crippen molar-refractivity contribution in [2.45, 2.75) is 95.8 Å². The van der Waals surface area contributed by atoms with Gasteiger partial charge in [0.1, 0.15) is 24.4 Å². The lowest BCUT2D eigenvalue weighted by atomic mass is 10.1. The maximum atomic E-state index is 6.12. The van der Waals surface area contributed by atoms with Crippen molar-refractivity contribution in [3.05, 3.63) is 0 Å². The number of fused-ring (bicyclic) bond motifs is 1. The van der Waals surface area contributed by atoms with Gasteiger partial charge in [-0.2, -0.15) is 0 Å². The van der Waals surface area contributed by atoms with Gasteiger partial charge in [-0.15, -0.1) is 0 Å². The molecule has 0 aromatic rings. The molecule has 0 aromatic carbocycles. The first-order valence-electron chi connectivity index (χ1n) is 8.85. The number of rotatable bonds is 9. The second-order valence-electron chi connectivity index (χ2n) is 7.04. The molecule has 3 aliphatic heterocycles. The van der Waals surface area contributed by atoms with Gasteiger partial charge in [-0.1, -0.05) is 39.0 Å². The van der Waals surface area contributed by atoms with Gasteiger partial charge in [-0.3, -0.25) is 0 Å². The van der Waals surface area contributed by atoms with Crippen molar-refractivity contribution in [3.63, 3.8) is 0 Å². The molecule has 0 bridgehead atoms. The average molecular weight is 314 g/mol. The smallest absolute Gasteiger partial charge is 0.190 e. The van der Waals surface area contributed by atoms with Crippen LogP contribution in [0.25, 0.3) is 0 Å². The lowest BCUT2D eigenvalue weighted by Crippen LogP contribution is -2.39. The van der Waals surface area contributed by atoms with Crippen molar-refractivity contribution in [1.82, 2.24) is 0 Å². The minimum Gasteiger partial charge on any atom is -0.372 e. The van der Waals surface area contributed by atoms with Crippen LogP contribution in [0.2, 0.25) is 0 Å². The molecule has 0 aromatic heterocycles. The summed E-state index contributed by atoms with van der Waals surface area (Å²) in [5, 5.41) is 0. The zero-order chi connectivity index (χ0) is 15.6. The van der Waals surface area contributed by atoms with E-state index in [9.17, 15) is 0 Å². The van der Waals surface area contributed by atoms with Gasteiger partial charge in [0.05, 0.1) is 6.61 Å². The van der Waals surface area contributed by atoms with Crippen LogP contribution >= 0.6 is 0 Å². The molecule has 3 saturated heterocycles. The van der Waals surface area contributed by atoms with Crippen LogP contribution in [0, 0.1) is 0 Å². The third-order valence-corrected chi connectivity index (χ3v) is 4.56. The van der Waals surface area contributed by atoms with Gasteiger partial charge >= 0.3 is 0 Å². The second-order valence-corrected chi connectivity index (χ2v) is 7.04. The van der Waals surface area contributed by atoms with E-state index in [1.165, 1.54) is 32.1 Å². The molecule has 0 saturated carbocycles. The fraction of sp³-hybridized carbons (Fsp3) is 1.00. The molecule has 3 aliphatic rings.